The maximum absolute atomic E-state index is 11.3. The number of aromatic nitrogens is 2. The van der Waals surface area contributed by atoms with Crippen LogP contribution in [0.5, 0.6) is 0 Å². The third-order valence-corrected chi connectivity index (χ3v) is 4.31. The van der Waals surface area contributed by atoms with Crippen molar-refractivity contribution < 1.29 is 10.0 Å². The van der Waals surface area contributed by atoms with Gasteiger partial charge in [-0.3, -0.25) is 0 Å². The zero-order valence-electron chi connectivity index (χ0n) is 10.4. The van der Waals surface area contributed by atoms with Gasteiger partial charge in [-0.05, 0) is 17.3 Å². The van der Waals surface area contributed by atoms with E-state index in [4.69, 9.17) is 0 Å². The normalized spacial score (nSPS) is 24.0. The van der Waals surface area contributed by atoms with Gasteiger partial charge in [0.15, 0.2) is 0 Å². The van der Waals surface area contributed by atoms with Gasteiger partial charge in [-0.25, -0.2) is 0 Å². The number of anilines is 1. The van der Waals surface area contributed by atoms with E-state index in [1.165, 1.54) is 15.7 Å². The van der Waals surface area contributed by atoms with Crippen molar-refractivity contribution in [2.45, 2.75) is 19.4 Å². The van der Waals surface area contributed by atoms with E-state index in [1.54, 1.807) is 11.6 Å². The SMILES string of the molecule is CC1CN(c2nc3sccn3c2[N+](=O)[O-])CCC1O. The average molecular weight is 282 g/mol. The van der Waals surface area contributed by atoms with E-state index < -0.39 is 4.92 Å². The van der Waals surface area contributed by atoms with Crippen LogP contribution in [0.25, 0.3) is 4.96 Å². The van der Waals surface area contributed by atoms with Gasteiger partial charge < -0.3 is 20.1 Å². The summed E-state index contributed by atoms with van der Waals surface area (Å²) in [5.74, 6) is 0.517. The van der Waals surface area contributed by atoms with Crippen molar-refractivity contribution in [1.82, 2.24) is 9.38 Å². The van der Waals surface area contributed by atoms with Crippen molar-refractivity contribution in [2.24, 2.45) is 5.92 Å². The Balaban J connectivity index is 2.02. The van der Waals surface area contributed by atoms with Crippen molar-refractivity contribution in [3.05, 3.63) is 21.7 Å². The Bertz CT molecular complexity index is 623. The minimum absolute atomic E-state index is 0.0137. The van der Waals surface area contributed by atoms with Crippen LogP contribution in [0.15, 0.2) is 11.6 Å². The van der Waals surface area contributed by atoms with Gasteiger partial charge in [-0.2, -0.15) is 9.38 Å². The molecule has 2 unspecified atom stereocenters. The number of fused-ring (bicyclic) bond motifs is 1. The molecule has 1 fully saturated rings. The number of imidazole rings is 1. The van der Waals surface area contributed by atoms with Gasteiger partial charge in [0, 0.05) is 18.5 Å². The van der Waals surface area contributed by atoms with Crippen molar-refractivity contribution in [3.8, 4) is 0 Å². The fourth-order valence-electron chi connectivity index (χ4n) is 2.47. The van der Waals surface area contributed by atoms with Crippen LogP contribution in [-0.2, 0) is 0 Å². The molecule has 1 aliphatic rings. The number of rotatable bonds is 2. The number of thiazole rings is 1. The molecule has 1 N–H and O–H groups in total. The number of aliphatic hydroxyl groups excluding tert-OH is 1. The monoisotopic (exact) mass is 282 g/mol. The molecule has 2 aromatic rings. The smallest absolute Gasteiger partial charge is 0.373 e. The zero-order valence-corrected chi connectivity index (χ0v) is 11.2. The van der Waals surface area contributed by atoms with Gasteiger partial charge in [0.1, 0.15) is 6.20 Å². The highest BCUT2D eigenvalue weighted by molar-refractivity contribution is 7.15. The van der Waals surface area contributed by atoms with Gasteiger partial charge in [-0.15, -0.1) is 0 Å². The van der Waals surface area contributed by atoms with E-state index in [2.05, 4.69) is 4.98 Å². The molecule has 2 aromatic heterocycles. The summed E-state index contributed by atoms with van der Waals surface area (Å²) in [5, 5.41) is 22.8. The van der Waals surface area contributed by atoms with Gasteiger partial charge in [-0.1, -0.05) is 18.3 Å². The predicted octanol–water partition coefficient (Wildman–Crippen LogP) is 1.51. The van der Waals surface area contributed by atoms with E-state index >= 15 is 0 Å². The lowest BCUT2D eigenvalue weighted by atomic mass is 9.97. The molecule has 102 valence electrons. The summed E-state index contributed by atoms with van der Waals surface area (Å²) in [6.45, 7) is 3.13. The Morgan fingerprint density at radius 2 is 2.42 bits per heavy atom. The number of hydrogen-bond acceptors (Lipinski definition) is 6. The standard InChI is InChI=1S/C11H14N4O3S/c1-7-6-13(3-2-8(7)16)9-10(15(17)18)14-4-5-19-11(14)12-9/h4-5,7-8,16H,2-3,6H2,1H3. The fourth-order valence-corrected chi connectivity index (χ4v) is 3.17. The summed E-state index contributed by atoms with van der Waals surface area (Å²) < 4.78 is 1.51. The molecule has 0 bridgehead atoms. The summed E-state index contributed by atoms with van der Waals surface area (Å²) >= 11 is 1.38. The molecule has 7 nitrogen and oxygen atoms in total. The third kappa shape index (κ3) is 1.96. The number of nitrogens with zero attached hydrogens (tertiary/aromatic N) is 4. The summed E-state index contributed by atoms with van der Waals surface area (Å²) in [6, 6.07) is 0. The highest BCUT2D eigenvalue weighted by atomic mass is 32.1. The number of hydrogen-bond donors (Lipinski definition) is 1. The molecule has 0 spiro atoms. The first kappa shape index (κ1) is 12.4. The van der Waals surface area contributed by atoms with Crippen molar-refractivity contribution in [2.75, 3.05) is 18.0 Å². The van der Waals surface area contributed by atoms with Crippen LogP contribution < -0.4 is 4.90 Å². The van der Waals surface area contributed by atoms with Gasteiger partial charge >= 0.3 is 5.82 Å². The molecule has 2 atom stereocenters. The lowest BCUT2D eigenvalue weighted by Crippen LogP contribution is -2.42. The van der Waals surface area contributed by atoms with Crippen LogP contribution in [0.2, 0.25) is 0 Å². The average Bonchev–Trinajstić information content (AvgIpc) is 2.91. The molecule has 3 rings (SSSR count). The maximum atomic E-state index is 11.3. The van der Waals surface area contributed by atoms with E-state index in [0.29, 0.717) is 30.3 Å². The van der Waals surface area contributed by atoms with Crippen LogP contribution in [0.3, 0.4) is 0 Å². The molecule has 0 aromatic carbocycles. The lowest BCUT2D eigenvalue weighted by Gasteiger charge is -2.34. The van der Waals surface area contributed by atoms with E-state index in [-0.39, 0.29) is 17.8 Å². The van der Waals surface area contributed by atoms with Crippen LogP contribution >= 0.6 is 11.3 Å². The quantitative estimate of drug-likeness (QED) is 0.666. The van der Waals surface area contributed by atoms with Crippen LogP contribution in [0.4, 0.5) is 11.6 Å². The maximum Gasteiger partial charge on any atom is 0.373 e. The molecule has 0 aliphatic carbocycles. The molecule has 8 heteroatoms. The minimum atomic E-state index is -0.391. The van der Waals surface area contributed by atoms with E-state index in [1.807, 2.05) is 11.8 Å². The Morgan fingerprint density at radius 1 is 1.63 bits per heavy atom. The highest BCUT2D eigenvalue weighted by Gasteiger charge is 2.32. The van der Waals surface area contributed by atoms with Crippen molar-refractivity contribution in [1.29, 1.82) is 0 Å². The molecular formula is C11H14N4O3S. The Hall–Kier alpha value is -1.67. The minimum Gasteiger partial charge on any atom is -0.393 e. The Kier molecular flexibility index (Phi) is 2.90. The molecule has 0 amide bonds. The zero-order chi connectivity index (χ0) is 13.6. The number of nitro groups is 1. The molecular weight excluding hydrogens is 268 g/mol. The number of piperidine rings is 1. The molecule has 3 heterocycles. The number of aliphatic hydroxyl groups is 1. The fraction of sp³-hybridized carbons (Fsp3) is 0.545. The second kappa shape index (κ2) is 4.46. The van der Waals surface area contributed by atoms with Crippen LogP contribution in [0, 0.1) is 16.0 Å². The van der Waals surface area contributed by atoms with Crippen molar-refractivity contribution >= 4 is 27.9 Å². The summed E-state index contributed by atoms with van der Waals surface area (Å²) in [6.07, 6.45) is 1.94. The second-order valence-corrected chi connectivity index (χ2v) is 5.72. The summed E-state index contributed by atoms with van der Waals surface area (Å²) in [7, 11) is 0. The van der Waals surface area contributed by atoms with Gasteiger partial charge in [0.2, 0.25) is 5.82 Å². The first-order valence-corrected chi connectivity index (χ1v) is 6.99. The Morgan fingerprint density at radius 3 is 3.11 bits per heavy atom. The molecule has 1 aliphatic heterocycles. The molecule has 1 saturated heterocycles. The summed E-state index contributed by atoms with van der Waals surface area (Å²) in [4.78, 5) is 17.8. The first-order chi connectivity index (χ1) is 9.08. The molecule has 0 saturated carbocycles. The summed E-state index contributed by atoms with van der Waals surface area (Å²) in [5.41, 5.74) is 0. The van der Waals surface area contributed by atoms with Gasteiger partial charge in [0.05, 0.1) is 6.10 Å². The van der Waals surface area contributed by atoms with Crippen LogP contribution in [-0.4, -0.2) is 38.6 Å². The first-order valence-electron chi connectivity index (χ1n) is 6.11. The van der Waals surface area contributed by atoms with E-state index in [0.717, 1.165) is 0 Å². The third-order valence-electron chi connectivity index (χ3n) is 3.55. The lowest BCUT2D eigenvalue weighted by molar-refractivity contribution is -0.389. The molecule has 19 heavy (non-hydrogen) atoms. The van der Waals surface area contributed by atoms with Gasteiger partial charge in [0.25, 0.3) is 4.96 Å². The predicted molar refractivity (Wildman–Crippen MR) is 71.7 cm³/mol. The topological polar surface area (TPSA) is 83.9 Å². The largest absolute Gasteiger partial charge is 0.393 e. The van der Waals surface area contributed by atoms with Crippen molar-refractivity contribution in [3.63, 3.8) is 0 Å². The van der Waals surface area contributed by atoms with Crippen LogP contribution in [0.1, 0.15) is 13.3 Å². The second-order valence-electron chi connectivity index (χ2n) is 4.85. The van der Waals surface area contributed by atoms with E-state index in [9.17, 15) is 15.2 Å². The Labute approximate surface area is 113 Å². The molecule has 0 radical (unpaired) electrons. The highest BCUT2D eigenvalue weighted by Crippen LogP contribution is 2.33.